The molecular weight excluding hydrogens is 338 g/mol. The molecule has 4 heteroatoms. The summed E-state index contributed by atoms with van der Waals surface area (Å²) in [6.45, 7) is 6.70. The van der Waals surface area contributed by atoms with E-state index in [0.29, 0.717) is 48.7 Å². The summed E-state index contributed by atoms with van der Waals surface area (Å²) >= 11 is 0. The van der Waals surface area contributed by atoms with E-state index in [4.69, 9.17) is 0 Å². The summed E-state index contributed by atoms with van der Waals surface area (Å²) in [4.78, 5) is 36.5. The Hall–Kier alpha value is -1.45. The first kappa shape index (κ1) is 18.9. The average Bonchev–Trinajstić information content (AvgIpc) is 2.92. The van der Waals surface area contributed by atoms with E-state index >= 15 is 0 Å². The predicted octanol–water partition coefficient (Wildman–Crippen LogP) is 3.98. The van der Waals surface area contributed by atoms with Crippen LogP contribution in [0.3, 0.4) is 0 Å². The van der Waals surface area contributed by atoms with Gasteiger partial charge in [-0.15, -0.1) is 0 Å². The molecule has 4 rings (SSSR count). The van der Waals surface area contributed by atoms with Gasteiger partial charge in [-0.3, -0.25) is 14.4 Å². The summed E-state index contributed by atoms with van der Waals surface area (Å²) in [6, 6.07) is 0. The van der Waals surface area contributed by atoms with Crippen LogP contribution in [0, 0.1) is 28.6 Å². The molecule has 0 heterocycles. The number of hydrogen-bond acceptors (Lipinski definition) is 3. The summed E-state index contributed by atoms with van der Waals surface area (Å²) in [6.07, 6.45) is 8.37. The van der Waals surface area contributed by atoms with Crippen LogP contribution in [0.25, 0.3) is 0 Å². The number of fused-ring (bicyclic) bond motifs is 5. The number of ketones is 2. The van der Waals surface area contributed by atoms with Crippen LogP contribution in [0.5, 0.6) is 0 Å². The molecule has 0 radical (unpaired) electrons. The molecule has 0 bridgehead atoms. The Morgan fingerprint density at radius 1 is 1.00 bits per heavy atom. The zero-order valence-corrected chi connectivity index (χ0v) is 17.0. The van der Waals surface area contributed by atoms with Crippen molar-refractivity contribution in [3.8, 4) is 0 Å². The highest BCUT2D eigenvalue weighted by molar-refractivity contribution is 5.97. The van der Waals surface area contributed by atoms with Gasteiger partial charge in [0.1, 0.15) is 5.78 Å². The summed E-state index contributed by atoms with van der Waals surface area (Å²) in [5.74, 6) is 2.54. The Balaban J connectivity index is 1.63. The first-order valence-corrected chi connectivity index (χ1v) is 10.8. The van der Waals surface area contributed by atoms with Gasteiger partial charge < -0.3 is 5.32 Å². The second-order valence-corrected chi connectivity index (χ2v) is 9.86. The molecule has 4 aliphatic carbocycles. The molecule has 4 aliphatic rings. The van der Waals surface area contributed by atoms with Crippen molar-refractivity contribution >= 4 is 17.5 Å². The van der Waals surface area contributed by atoms with Gasteiger partial charge in [-0.1, -0.05) is 19.4 Å². The van der Waals surface area contributed by atoms with Crippen LogP contribution in [0.1, 0.15) is 78.6 Å². The molecule has 1 N–H and O–H groups in total. The van der Waals surface area contributed by atoms with E-state index in [1.807, 2.05) is 0 Å². The van der Waals surface area contributed by atoms with E-state index in [1.165, 1.54) is 12.5 Å². The molecule has 0 aromatic heterocycles. The fraction of sp³-hybridized carbons (Fsp3) is 0.783. The van der Waals surface area contributed by atoms with Gasteiger partial charge >= 0.3 is 0 Å². The Bertz CT molecular complexity index is 723. The summed E-state index contributed by atoms with van der Waals surface area (Å²) in [5, 5.41) is 2.85. The van der Waals surface area contributed by atoms with Gasteiger partial charge in [0, 0.05) is 31.7 Å². The fourth-order valence-corrected chi connectivity index (χ4v) is 7.25. The van der Waals surface area contributed by atoms with Crippen molar-refractivity contribution < 1.29 is 14.4 Å². The van der Waals surface area contributed by atoms with Gasteiger partial charge in [-0.25, -0.2) is 0 Å². The lowest BCUT2D eigenvalue weighted by Crippen LogP contribution is -2.51. The van der Waals surface area contributed by atoms with Gasteiger partial charge in [-0.2, -0.15) is 0 Å². The van der Waals surface area contributed by atoms with Crippen molar-refractivity contribution in [2.75, 3.05) is 6.54 Å². The highest BCUT2D eigenvalue weighted by Gasteiger charge is 2.59. The maximum atomic E-state index is 12.7. The molecular formula is C23H33NO3. The van der Waals surface area contributed by atoms with E-state index in [-0.39, 0.29) is 16.7 Å². The van der Waals surface area contributed by atoms with Crippen LogP contribution in [0.4, 0.5) is 0 Å². The summed E-state index contributed by atoms with van der Waals surface area (Å²) < 4.78 is 0. The second kappa shape index (κ2) is 6.56. The minimum absolute atomic E-state index is 0.0344. The summed E-state index contributed by atoms with van der Waals surface area (Å²) in [5.41, 5.74) is 2.41. The normalized spacial score (nSPS) is 41.1. The number of rotatable bonds is 3. The Kier molecular flexibility index (Phi) is 4.59. The molecule has 0 spiro atoms. The number of carbonyl (C=O) groups excluding carboxylic acids is 3. The number of Topliss-reactive ketones (excluding diaryl/α,β-unsaturated/α-hetero) is 2. The minimum atomic E-state index is -0.0858. The first-order chi connectivity index (χ1) is 12.8. The smallest absolute Gasteiger partial charge is 0.216 e. The molecule has 5 atom stereocenters. The molecule has 27 heavy (non-hydrogen) atoms. The lowest BCUT2D eigenvalue weighted by atomic mass is 9.47. The van der Waals surface area contributed by atoms with E-state index in [2.05, 4.69) is 19.2 Å². The SMILES string of the molecule is CC(=O)NCCC1=C2CC[C@@H]3[C@@H](CC[C@]4(C)C(=O)CC[C@@H]34)[C@@]2(C)CCC1=O. The molecule has 0 aromatic rings. The molecule has 3 saturated carbocycles. The molecule has 0 aromatic carbocycles. The quantitative estimate of drug-likeness (QED) is 0.816. The number of amides is 1. The Morgan fingerprint density at radius 3 is 2.48 bits per heavy atom. The minimum Gasteiger partial charge on any atom is -0.356 e. The van der Waals surface area contributed by atoms with Crippen LogP contribution in [-0.2, 0) is 14.4 Å². The topological polar surface area (TPSA) is 63.2 Å². The van der Waals surface area contributed by atoms with E-state index in [9.17, 15) is 14.4 Å². The third kappa shape index (κ3) is 2.82. The van der Waals surface area contributed by atoms with E-state index in [1.54, 1.807) is 0 Å². The fourth-order valence-electron chi connectivity index (χ4n) is 7.25. The van der Waals surface area contributed by atoms with Crippen LogP contribution in [0.15, 0.2) is 11.1 Å². The van der Waals surface area contributed by atoms with Crippen molar-refractivity contribution in [3.63, 3.8) is 0 Å². The molecule has 1 amide bonds. The molecule has 148 valence electrons. The number of carbonyl (C=O) groups is 3. The number of nitrogens with one attached hydrogen (secondary N) is 1. The lowest BCUT2D eigenvalue weighted by Gasteiger charge is -2.57. The van der Waals surface area contributed by atoms with Crippen LogP contribution >= 0.6 is 0 Å². The van der Waals surface area contributed by atoms with Crippen molar-refractivity contribution in [2.45, 2.75) is 78.6 Å². The average molecular weight is 372 g/mol. The maximum Gasteiger partial charge on any atom is 0.216 e. The lowest BCUT2D eigenvalue weighted by molar-refractivity contribution is -0.132. The molecule has 4 nitrogen and oxygen atoms in total. The van der Waals surface area contributed by atoms with Crippen molar-refractivity contribution in [3.05, 3.63) is 11.1 Å². The van der Waals surface area contributed by atoms with Crippen molar-refractivity contribution in [2.24, 2.45) is 28.6 Å². The molecule has 3 fully saturated rings. The zero-order valence-electron chi connectivity index (χ0n) is 17.0. The van der Waals surface area contributed by atoms with E-state index in [0.717, 1.165) is 50.5 Å². The largest absolute Gasteiger partial charge is 0.356 e. The highest BCUT2D eigenvalue weighted by atomic mass is 16.1. The van der Waals surface area contributed by atoms with Crippen LogP contribution in [0.2, 0.25) is 0 Å². The van der Waals surface area contributed by atoms with Gasteiger partial charge in [-0.05, 0) is 73.7 Å². The highest BCUT2D eigenvalue weighted by Crippen LogP contribution is 2.65. The van der Waals surface area contributed by atoms with Crippen LogP contribution < -0.4 is 5.32 Å². The number of allylic oxidation sites excluding steroid dienone is 1. The van der Waals surface area contributed by atoms with Crippen molar-refractivity contribution in [1.82, 2.24) is 5.32 Å². The second-order valence-electron chi connectivity index (χ2n) is 9.86. The predicted molar refractivity (Wildman–Crippen MR) is 104 cm³/mol. The Labute approximate surface area is 162 Å². The first-order valence-electron chi connectivity index (χ1n) is 10.8. The third-order valence-electron chi connectivity index (χ3n) is 8.70. The maximum absolute atomic E-state index is 12.7. The summed E-state index contributed by atoms with van der Waals surface area (Å²) in [7, 11) is 0. The monoisotopic (exact) mass is 371 g/mol. The van der Waals surface area contributed by atoms with Crippen LogP contribution in [-0.4, -0.2) is 24.0 Å². The molecule has 0 saturated heterocycles. The Morgan fingerprint density at radius 2 is 1.74 bits per heavy atom. The molecule has 0 aliphatic heterocycles. The van der Waals surface area contributed by atoms with Gasteiger partial charge in [0.25, 0.3) is 0 Å². The third-order valence-corrected chi connectivity index (χ3v) is 8.70. The van der Waals surface area contributed by atoms with Gasteiger partial charge in [0.15, 0.2) is 5.78 Å². The van der Waals surface area contributed by atoms with Gasteiger partial charge in [0.2, 0.25) is 5.91 Å². The number of hydrogen-bond donors (Lipinski definition) is 1. The van der Waals surface area contributed by atoms with Gasteiger partial charge in [0.05, 0.1) is 0 Å². The standard InChI is InChI=1S/C23H33NO3/c1-14(25)24-13-10-16-18-5-4-15-17-6-7-21(27)23(17,3)11-8-19(15)22(18,2)12-9-20(16)26/h15,17,19H,4-13H2,1-3H3,(H,24,25)/t15-,17-,19+,22-,23-/m0/s1. The zero-order chi connectivity index (χ0) is 19.4. The van der Waals surface area contributed by atoms with E-state index < -0.39 is 0 Å². The molecule has 0 unspecified atom stereocenters. The van der Waals surface area contributed by atoms with Crippen molar-refractivity contribution in [1.29, 1.82) is 0 Å².